The van der Waals surface area contributed by atoms with Gasteiger partial charge in [-0.2, -0.15) is 0 Å². The van der Waals surface area contributed by atoms with Crippen LogP contribution in [0.5, 0.6) is 0 Å². The first kappa shape index (κ1) is 11.1. The standard InChI is InChI=1S/C9H14N2O2S/c1-6(12)3-4-10-9(13)8-7(2)11-5-14-8/h5-6,12H,3-4H2,1-2H3,(H,10,13). The van der Waals surface area contributed by atoms with Crippen molar-refractivity contribution in [3.05, 3.63) is 16.1 Å². The lowest BCUT2D eigenvalue weighted by Crippen LogP contribution is -2.26. The Morgan fingerprint density at radius 1 is 1.79 bits per heavy atom. The van der Waals surface area contributed by atoms with Crippen molar-refractivity contribution < 1.29 is 9.90 Å². The molecular weight excluding hydrogens is 200 g/mol. The molecule has 0 fully saturated rings. The van der Waals surface area contributed by atoms with Gasteiger partial charge in [0.05, 0.1) is 17.3 Å². The molecule has 0 aliphatic heterocycles. The van der Waals surface area contributed by atoms with Gasteiger partial charge in [0.2, 0.25) is 0 Å². The zero-order chi connectivity index (χ0) is 10.6. The molecule has 0 bridgehead atoms. The summed E-state index contributed by atoms with van der Waals surface area (Å²) in [4.78, 5) is 16.1. The van der Waals surface area contributed by atoms with Gasteiger partial charge >= 0.3 is 0 Å². The van der Waals surface area contributed by atoms with E-state index in [1.807, 2.05) is 0 Å². The smallest absolute Gasteiger partial charge is 0.263 e. The molecule has 1 aromatic heterocycles. The molecule has 4 nitrogen and oxygen atoms in total. The molecule has 5 heteroatoms. The number of amides is 1. The van der Waals surface area contributed by atoms with Gasteiger partial charge < -0.3 is 10.4 Å². The molecule has 0 aliphatic rings. The van der Waals surface area contributed by atoms with Crippen molar-refractivity contribution in [3.63, 3.8) is 0 Å². The van der Waals surface area contributed by atoms with Crippen LogP contribution in [0.2, 0.25) is 0 Å². The normalized spacial score (nSPS) is 12.5. The van der Waals surface area contributed by atoms with Crippen LogP contribution in [0, 0.1) is 6.92 Å². The Balaban J connectivity index is 2.40. The summed E-state index contributed by atoms with van der Waals surface area (Å²) in [5, 5.41) is 11.7. The van der Waals surface area contributed by atoms with E-state index in [2.05, 4.69) is 10.3 Å². The maximum Gasteiger partial charge on any atom is 0.263 e. The van der Waals surface area contributed by atoms with Crippen LogP contribution in [0.4, 0.5) is 0 Å². The minimum Gasteiger partial charge on any atom is -0.393 e. The van der Waals surface area contributed by atoms with Gasteiger partial charge in [0.15, 0.2) is 0 Å². The molecule has 1 rings (SSSR count). The second-order valence-corrected chi connectivity index (χ2v) is 4.02. The highest BCUT2D eigenvalue weighted by atomic mass is 32.1. The first-order valence-corrected chi connectivity index (χ1v) is 5.35. The second kappa shape index (κ2) is 5.07. The van der Waals surface area contributed by atoms with Crippen LogP contribution in [0.15, 0.2) is 5.51 Å². The van der Waals surface area contributed by atoms with Crippen molar-refractivity contribution in [2.24, 2.45) is 0 Å². The Hall–Kier alpha value is -0.940. The van der Waals surface area contributed by atoms with Crippen molar-refractivity contribution in [2.75, 3.05) is 6.54 Å². The van der Waals surface area contributed by atoms with Gasteiger partial charge in [0.25, 0.3) is 5.91 Å². The highest BCUT2D eigenvalue weighted by molar-refractivity contribution is 7.11. The molecule has 0 saturated heterocycles. The Morgan fingerprint density at radius 3 is 3.00 bits per heavy atom. The summed E-state index contributed by atoms with van der Waals surface area (Å²) in [6.45, 7) is 4.00. The molecule has 0 aromatic carbocycles. The van der Waals surface area contributed by atoms with Gasteiger partial charge in [-0.3, -0.25) is 4.79 Å². The number of aliphatic hydroxyl groups is 1. The zero-order valence-corrected chi connectivity index (χ0v) is 9.10. The number of thiazole rings is 1. The van der Waals surface area contributed by atoms with Crippen LogP contribution >= 0.6 is 11.3 Å². The molecule has 1 heterocycles. The van der Waals surface area contributed by atoms with Crippen LogP contribution in [-0.4, -0.2) is 28.6 Å². The first-order valence-electron chi connectivity index (χ1n) is 4.47. The third-order valence-electron chi connectivity index (χ3n) is 1.80. The van der Waals surface area contributed by atoms with Gasteiger partial charge in [0.1, 0.15) is 4.88 Å². The van der Waals surface area contributed by atoms with Gasteiger partial charge in [0, 0.05) is 6.54 Å². The number of rotatable bonds is 4. The number of carbonyl (C=O) groups excluding carboxylic acids is 1. The van der Waals surface area contributed by atoms with Crippen LogP contribution in [-0.2, 0) is 0 Å². The topological polar surface area (TPSA) is 62.2 Å². The number of nitrogens with one attached hydrogen (secondary N) is 1. The minimum atomic E-state index is -0.377. The third kappa shape index (κ3) is 3.08. The van der Waals surface area contributed by atoms with Crippen LogP contribution in [0.25, 0.3) is 0 Å². The highest BCUT2D eigenvalue weighted by Crippen LogP contribution is 2.11. The predicted octanol–water partition coefficient (Wildman–Crippen LogP) is 0.952. The molecule has 2 N–H and O–H groups in total. The SMILES string of the molecule is Cc1ncsc1C(=O)NCCC(C)O. The van der Waals surface area contributed by atoms with E-state index in [0.717, 1.165) is 5.69 Å². The van der Waals surface area contributed by atoms with Crippen LogP contribution < -0.4 is 5.32 Å². The van der Waals surface area contributed by atoms with Crippen molar-refractivity contribution in [3.8, 4) is 0 Å². The quantitative estimate of drug-likeness (QED) is 0.784. The molecule has 1 aromatic rings. The van der Waals surface area contributed by atoms with E-state index >= 15 is 0 Å². The van der Waals surface area contributed by atoms with Crippen molar-refractivity contribution in [2.45, 2.75) is 26.4 Å². The fourth-order valence-electron chi connectivity index (χ4n) is 0.995. The lowest BCUT2D eigenvalue weighted by Gasteiger charge is -2.05. The van der Waals surface area contributed by atoms with Gasteiger partial charge in [-0.05, 0) is 20.3 Å². The van der Waals surface area contributed by atoms with Crippen molar-refractivity contribution in [1.29, 1.82) is 0 Å². The number of hydrogen-bond donors (Lipinski definition) is 2. The average molecular weight is 214 g/mol. The Bertz CT molecular complexity index is 310. The Labute approximate surface area is 87.0 Å². The lowest BCUT2D eigenvalue weighted by atomic mass is 10.3. The van der Waals surface area contributed by atoms with E-state index in [-0.39, 0.29) is 12.0 Å². The molecule has 1 amide bonds. The van der Waals surface area contributed by atoms with E-state index in [1.165, 1.54) is 11.3 Å². The fraction of sp³-hybridized carbons (Fsp3) is 0.556. The molecule has 78 valence electrons. The molecule has 1 unspecified atom stereocenters. The largest absolute Gasteiger partial charge is 0.393 e. The first-order chi connectivity index (χ1) is 6.61. The monoisotopic (exact) mass is 214 g/mol. The number of carbonyl (C=O) groups is 1. The number of aryl methyl sites for hydroxylation is 1. The number of hydrogen-bond acceptors (Lipinski definition) is 4. The molecule has 0 radical (unpaired) electrons. The van der Waals surface area contributed by atoms with Gasteiger partial charge in [-0.15, -0.1) is 11.3 Å². The molecule has 14 heavy (non-hydrogen) atoms. The van der Waals surface area contributed by atoms with E-state index in [1.54, 1.807) is 19.4 Å². The van der Waals surface area contributed by atoms with E-state index in [0.29, 0.717) is 17.8 Å². The summed E-state index contributed by atoms with van der Waals surface area (Å²) < 4.78 is 0. The fourth-order valence-corrected chi connectivity index (χ4v) is 1.71. The summed E-state index contributed by atoms with van der Waals surface area (Å²) >= 11 is 1.33. The predicted molar refractivity (Wildman–Crippen MR) is 55.5 cm³/mol. The number of aromatic nitrogens is 1. The summed E-state index contributed by atoms with van der Waals surface area (Å²) in [5.41, 5.74) is 2.41. The van der Waals surface area contributed by atoms with E-state index in [4.69, 9.17) is 5.11 Å². The number of aliphatic hydroxyl groups excluding tert-OH is 1. The lowest BCUT2D eigenvalue weighted by molar-refractivity contribution is 0.0949. The summed E-state index contributed by atoms with van der Waals surface area (Å²) in [5.74, 6) is -0.106. The molecule has 0 aliphatic carbocycles. The zero-order valence-electron chi connectivity index (χ0n) is 8.28. The molecule has 0 spiro atoms. The Kier molecular flexibility index (Phi) is 4.03. The molecular formula is C9H14N2O2S. The van der Waals surface area contributed by atoms with Crippen LogP contribution in [0.1, 0.15) is 28.7 Å². The minimum absolute atomic E-state index is 0.106. The highest BCUT2D eigenvalue weighted by Gasteiger charge is 2.10. The maximum absolute atomic E-state index is 11.5. The summed E-state index contributed by atoms with van der Waals surface area (Å²) in [6.07, 6.45) is 0.196. The number of nitrogens with zero attached hydrogens (tertiary/aromatic N) is 1. The van der Waals surface area contributed by atoms with Crippen LogP contribution in [0.3, 0.4) is 0 Å². The molecule has 1 atom stereocenters. The van der Waals surface area contributed by atoms with Crippen molar-refractivity contribution in [1.82, 2.24) is 10.3 Å². The summed E-state index contributed by atoms with van der Waals surface area (Å²) in [7, 11) is 0. The molecule has 0 saturated carbocycles. The van der Waals surface area contributed by atoms with E-state index < -0.39 is 0 Å². The second-order valence-electron chi connectivity index (χ2n) is 3.16. The van der Waals surface area contributed by atoms with Gasteiger partial charge in [-0.1, -0.05) is 0 Å². The third-order valence-corrected chi connectivity index (χ3v) is 2.73. The summed E-state index contributed by atoms with van der Waals surface area (Å²) in [6, 6.07) is 0. The average Bonchev–Trinajstić information content (AvgIpc) is 2.50. The maximum atomic E-state index is 11.5. The van der Waals surface area contributed by atoms with Gasteiger partial charge in [-0.25, -0.2) is 4.98 Å². The van der Waals surface area contributed by atoms with Crippen molar-refractivity contribution >= 4 is 17.2 Å². The Morgan fingerprint density at radius 2 is 2.50 bits per heavy atom. The van der Waals surface area contributed by atoms with E-state index in [9.17, 15) is 4.79 Å².